The standard InChI is InChI=1S/C18H18O2/c1-3-14-4-6-15(7-5-14)12-18(20)17-10-8-16(9-11-17)13(2)19/h4-11H,3,12H2,1-2H3. The van der Waals surface area contributed by atoms with Crippen molar-refractivity contribution in [2.24, 2.45) is 0 Å². The van der Waals surface area contributed by atoms with Crippen LogP contribution >= 0.6 is 0 Å². The molecule has 0 aromatic heterocycles. The molecule has 0 bridgehead atoms. The van der Waals surface area contributed by atoms with Gasteiger partial charge >= 0.3 is 0 Å². The number of hydrogen-bond donors (Lipinski definition) is 0. The number of hydrogen-bond acceptors (Lipinski definition) is 2. The molecule has 0 atom stereocenters. The van der Waals surface area contributed by atoms with Crippen LogP contribution in [0.3, 0.4) is 0 Å². The second-order valence-electron chi connectivity index (χ2n) is 4.90. The van der Waals surface area contributed by atoms with E-state index < -0.39 is 0 Å². The Morgan fingerprint density at radius 1 is 0.800 bits per heavy atom. The molecular formula is C18H18O2. The van der Waals surface area contributed by atoms with E-state index in [0.29, 0.717) is 17.5 Å². The van der Waals surface area contributed by atoms with E-state index in [1.807, 2.05) is 12.1 Å². The highest BCUT2D eigenvalue weighted by Gasteiger charge is 2.08. The molecule has 0 saturated heterocycles. The highest BCUT2D eigenvalue weighted by Crippen LogP contribution is 2.11. The molecule has 0 radical (unpaired) electrons. The first-order valence-electron chi connectivity index (χ1n) is 6.82. The van der Waals surface area contributed by atoms with Gasteiger partial charge in [-0.15, -0.1) is 0 Å². The van der Waals surface area contributed by atoms with Crippen molar-refractivity contribution < 1.29 is 9.59 Å². The summed E-state index contributed by atoms with van der Waals surface area (Å²) in [5, 5.41) is 0. The molecular weight excluding hydrogens is 248 g/mol. The van der Waals surface area contributed by atoms with Crippen LogP contribution in [0.1, 0.15) is 45.7 Å². The summed E-state index contributed by atoms with van der Waals surface area (Å²) in [5.41, 5.74) is 3.57. The van der Waals surface area contributed by atoms with Gasteiger partial charge in [-0.3, -0.25) is 9.59 Å². The molecule has 0 saturated carbocycles. The average Bonchev–Trinajstić information content (AvgIpc) is 2.48. The maximum absolute atomic E-state index is 12.2. The van der Waals surface area contributed by atoms with E-state index in [-0.39, 0.29) is 11.6 Å². The van der Waals surface area contributed by atoms with Crippen molar-refractivity contribution in [2.45, 2.75) is 26.7 Å². The van der Waals surface area contributed by atoms with Crippen LogP contribution in [0.2, 0.25) is 0 Å². The molecule has 2 aromatic rings. The minimum absolute atomic E-state index is 0.0131. The quantitative estimate of drug-likeness (QED) is 0.770. The molecule has 102 valence electrons. The maximum Gasteiger partial charge on any atom is 0.167 e. The highest BCUT2D eigenvalue weighted by atomic mass is 16.1. The van der Waals surface area contributed by atoms with Crippen molar-refractivity contribution >= 4 is 11.6 Å². The number of rotatable bonds is 5. The summed E-state index contributed by atoms with van der Waals surface area (Å²) in [5.74, 6) is 0.0866. The summed E-state index contributed by atoms with van der Waals surface area (Å²) in [7, 11) is 0. The van der Waals surface area contributed by atoms with Crippen molar-refractivity contribution in [2.75, 3.05) is 0 Å². The van der Waals surface area contributed by atoms with Gasteiger partial charge < -0.3 is 0 Å². The second kappa shape index (κ2) is 6.29. The molecule has 0 heterocycles. The maximum atomic E-state index is 12.2. The normalized spacial score (nSPS) is 10.3. The number of carbonyl (C=O) groups is 2. The SMILES string of the molecule is CCc1ccc(CC(=O)c2ccc(C(C)=O)cc2)cc1. The topological polar surface area (TPSA) is 34.1 Å². The lowest BCUT2D eigenvalue weighted by Crippen LogP contribution is -2.04. The van der Waals surface area contributed by atoms with Crippen LogP contribution in [-0.4, -0.2) is 11.6 Å². The molecule has 0 unspecified atom stereocenters. The smallest absolute Gasteiger partial charge is 0.167 e. The first-order chi connectivity index (χ1) is 9.60. The van der Waals surface area contributed by atoms with Crippen LogP contribution < -0.4 is 0 Å². The zero-order chi connectivity index (χ0) is 14.5. The molecule has 0 aliphatic carbocycles. The first kappa shape index (κ1) is 14.2. The van der Waals surface area contributed by atoms with Gasteiger partial charge in [0.25, 0.3) is 0 Å². The molecule has 0 N–H and O–H groups in total. The van der Waals surface area contributed by atoms with Gasteiger partial charge in [-0.2, -0.15) is 0 Å². The van der Waals surface area contributed by atoms with Crippen molar-refractivity contribution in [3.8, 4) is 0 Å². The van der Waals surface area contributed by atoms with Crippen LogP contribution in [0.5, 0.6) is 0 Å². The Morgan fingerprint density at radius 2 is 1.30 bits per heavy atom. The van der Waals surface area contributed by atoms with Gasteiger partial charge in [0.1, 0.15) is 0 Å². The van der Waals surface area contributed by atoms with Gasteiger partial charge in [0.15, 0.2) is 11.6 Å². The van der Waals surface area contributed by atoms with Crippen molar-refractivity contribution in [1.82, 2.24) is 0 Å². The molecule has 2 nitrogen and oxygen atoms in total. The minimum Gasteiger partial charge on any atom is -0.295 e. The van der Waals surface area contributed by atoms with Crippen LogP contribution in [-0.2, 0) is 12.8 Å². The first-order valence-corrected chi connectivity index (χ1v) is 6.82. The lowest BCUT2D eigenvalue weighted by atomic mass is 10.00. The fourth-order valence-corrected chi connectivity index (χ4v) is 2.07. The van der Waals surface area contributed by atoms with Gasteiger partial charge in [0.2, 0.25) is 0 Å². The third-order valence-corrected chi connectivity index (χ3v) is 3.41. The molecule has 0 amide bonds. The number of carbonyl (C=O) groups excluding carboxylic acids is 2. The Kier molecular flexibility index (Phi) is 4.46. The van der Waals surface area contributed by atoms with E-state index >= 15 is 0 Å². The lowest BCUT2D eigenvalue weighted by molar-refractivity contribution is 0.0987. The van der Waals surface area contributed by atoms with E-state index in [0.717, 1.165) is 12.0 Å². The van der Waals surface area contributed by atoms with Crippen molar-refractivity contribution in [1.29, 1.82) is 0 Å². The molecule has 0 aliphatic heterocycles. The Morgan fingerprint density at radius 3 is 1.80 bits per heavy atom. The predicted molar refractivity (Wildman–Crippen MR) is 80.3 cm³/mol. The van der Waals surface area contributed by atoms with E-state index in [9.17, 15) is 9.59 Å². The fraction of sp³-hybridized carbons (Fsp3) is 0.222. The minimum atomic E-state index is 0.0131. The highest BCUT2D eigenvalue weighted by molar-refractivity contribution is 5.99. The Labute approximate surface area is 119 Å². The largest absolute Gasteiger partial charge is 0.295 e. The summed E-state index contributed by atoms with van der Waals surface area (Å²) < 4.78 is 0. The van der Waals surface area contributed by atoms with Gasteiger partial charge in [-0.25, -0.2) is 0 Å². The molecule has 2 aromatic carbocycles. The van der Waals surface area contributed by atoms with E-state index in [2.05, 4.69) is 19.1 Å². The third-order valence-electron chi connectivity index (χ3n) is 3.41. The summed E-state index contributed by atoms with van der Waals surface area (Å²) in [6.45, 7) is 3.63. The molecule has 0 fully saturated rings. The lowest BCUT2D eigenvalue weighted by Gasteiger charge is -2.04. The van der Waals surface area contributed by atoms with Gasteiger partial charge in [-0.1, -0.05) is 55.5 Å². The summed E-state index contributed by atoms with van der Waals surface area (Å²) in [4.78, 5) is 23.4. The second-order valence-corrected chi connectivity index (χ2v) is 4.90. The zero-order valence-electron chi connectivity index (χ0n) is 11.8. The van der Waals surface area contributed by atoms with E-state index in [4.69, 9.17) is 0 Å². The monoisotopic (exact) mass is 266 g/mol. The van der Waals surface area contributed by atoms with E-state index in [1.54, 1.807) is 24.3 Å². The van der Waals surface area contributed by atoms with Crippen LogP contribution in [0, 0.1) is 0 Å². The van der Waals surface area contributed by atoms with Crippen LogP contribution in [0.25, 0.3) is 0 Å². The Hall–Kier alpha value is -2.22. The zero-order valence-corrected chi connectivity index (χ0v) is 11.8. The van der Waals surface area contributed by atoms with Crippen molar-refractivity contribution in [3.05, 3.63) is 70.8 Å². The Balaban J connectivity index is 2.08. The molecule has 0 spiro atoms. The summed E-state index contributed by atoms with van der Waals surface area (Å²) in [6, 6.07) is 15.0. The molecule has 2 rings (SSSR count). The number of ketones is 2. The number of aryl methyl sites for hydroxylation is 1. The van der Waals surface area contributed by atoms with Crippen molar-refractivity contribution in [3.63, 3.8) is 0 Å². The van der Waals surface area contributed by atoms with Gasteiger partial charge in [0, 0.05) is 17.5 Å². The molecule has 0 aliphatic rings. The number of Topliss-reactive ketones (excluding diaryl/α,β-unsaturated/α-hetero) is 2. The summed E-state index contributed by atoms with van der Waals surface area (Å²) in [6.07, 6.45) is 1.39. The third kappa shape index (κ3) is 3.41. The fourth-order valence-electron chi connectivity index (χ4n) is 2.07. The average molecular weight is 266 g/mol. The molecule has 2 heteroatoms. The summed E-state index contributed by atoms with van der Waals surface area (Å²) >= 11 is 0. The van der Waals surface area contributed by atoms with Gasteiger partial charge in [-0.05, 0) is 24.5 Å². The predicted octanol–water partition coefficient (Wildman–Crippen LogP) is 3.88. The van der Waals surface area contributed by atoms with Crippen LogP contribution in [0.4, 0.5) is 0 Å². The molecule has 20 heavy (non-hydrogen) atoms. The number of benzene rings is 2. The van der Waals surface area contributed by atoms with Crippen LogP contribution in [0.15, 0.2) is 48.5 Å². The Bertz CT molecular complexity index is 607. The van der Waals surface area contributed by atoms with E-state index in [1.165, 1.54) is 12.5 Å². The van der Waals surface area contributed by atoms with Gasteiger partial charge in [0.05, 0.1) is 0 Å².